The van der Waals surface area contributed by atoms with Crippen molar-refractivity contribution in [2.24, 2.45) is 0 Å². The Morgan fingerprint density at radius 2 is 1.36 bits per heavy atom. The van der Waals surface area contributed by atoms with Crippen LogP contribution in [-0.2, 0) is 14.2 Å². The maximum absolute atomic E-state index is 4.00. The molecule has 0 bridgehead atoms. The van der Waals surface area contributed by atoms with Crippen molar-refractivity contribution in [1.82, 2.24) is 9.80 Å². The van der Waals surface area contributed by atoms with Crippen LogP contribution in [0.15, 0.2) is 0 Å². The summed E-state index contributed by atoms with van der Waals surface area (Å²) in [5.41, 5.74) is 0. The Morgan fingerprint density at radius 3 is 1.64 bits per heavy atom. The van der Waals surface area contributed by atoms with Gasteiger partial charge in [-0.25, -0.2) is 0 Å². The van der Waals surface area contributed by atoms with Crippen molar-refractivity contribution in [3.63, 3.8) is 0 Å². The standard InChI is InChI=1S/C10H20N2.BrH.Cu/c1-9(2)11-6-5-7-12(8-11)10(3)4;;/h9-10H,5-7H2,1-4H3;1H;/q;;+1/p-1. The van der Waals surface area contributed by atoms with Gasteiger partial charge in [0.15, 0.2) is 0 Å². The Labute approximate surface area is 104 Å². The fraction of sp³-hybridized carbons (Fsp3) is 0.900. The van der Waals surface area contributed by atoms with Crippen LogP contribution in [0.4, 0.5) is 0 Å². The van der Waals surface area contributed by atoms with E-state index in [0.29, 0.717) is 12.1 Å². The number of halogens is 1. The molecule has 0 aromatic carbocycles. The molecule has 0 atom stereocenters. The molecule has 0 amide bonds. The van der Waals surface area contributed by atoms with Crippen LogP contribution in [0.1, 0.15) is 34.1 Å². The van der Waals surface area contributed by atoms with E-state index in [1.54, 1.807) is 0 Å². The first kappa shape index (κ1) is 14.9. The fourth-order valence-corrected chi connectivity index (χ4v) is 1.42. The molecule has 1 fully saturated rings. The maximum atomic E-state index is 4.00. The molecule has 1 aliphatic heterocycles. The minimum absolute atomic E-state index is 0.589. The summed E-state index contributed by atoms with van der Waals surface area (Å²) in [6, 6.07) is 1.18. The predicted molar refractivity (Wildman–Crippen MR) is 60.5 cm³/mol. The SMILES string of the molecule is CC(C)N1[C]N(C(C)C)CCC1.[Cu][Br]. The molecule has 0 unspecified atom stereocenters. The van der Waals surface area contributed by atoms with Gasteiger partial charge >= 0.3 is 28.3 Å². The molecule has 0 aromatic rings. The average molecular weight is 312 g/mol. The number of hydrogen-bond donors (Lipinski definition) is 0. The Bertz CT molecular complexity index is 128. The first-order chi connectivity index (χ1) is 6.61. The van der Waals surface area contributed by atoms with Gasteiger partial charge in [0.2, 0.25) is 0 Å². The molecule has 14 heavy (non-hydrogen) atoms. The van der Waals surface area contributed by atoms with E-state index >= 15 is 0 Å². The van der Waals surface area contributed by atoms with Crippen LogP contribution in [-0.4, -0.2) is 35.0 Å². The molecule has 0 spiro atoms. The van der Waals surface area contributed by atoms with Gasteiger partial charge in [-0.15, -0.1) is 0 Å². The molecule has 88 valence electrons. The molecular weight excluding hydrogens is 292 g/mol. The first-order valence-electron chi connectivity index (χ1n) is 5.02. The second-order valence-corrected chi connectivity index (χ2v) is 4.03. The summed E-state index contributed by atoms with van der Waals surface area (Å²) in [4.78, 5) is 4.59. The second kappa shape index (κ2) is 8.12. The third-order valence-corrected chi connectivity index (χ3v) is 2.30. The molecule has 0 aromatic heterocycles. The number of rotatable bonds is 2. The number of hydrogen-bond acceptors (Lipinski definition) is 2. The van der Waals surface area contributed by atoms with Crippen LogP contribution in [0.3, 0.4) is 0 Å². The molecule has 0 N–H and O–H groups in total. The van der Waals surface area contributed by atoms with Crippen LogP contribution in [0, 0.1) is 6.67 Å². The van der Waals surface area contributed by atoms with Gasteiger partial charge in [0, 0.05) is 25.2 Å². The summed E-state index contributed by atoms with van der Waals surface area (Å²) in [5.74, 6) is 0. The van der Waals surface area contributed by atoms with Gasteiger partial charge in [0.05, 0.1) is 0 Å². The zero-order valence-corrected chi connectivity index (χ0v) is 11.9. The zero-order chi connectivity index (χ0) is 11.1. The summed E-state index contributed by atoms with van der Waals surface area (Å²) >= 11 is 6.50. The zero-order valence-electron chi connectivity index (χ0n) is 9.35. The van der Waals surface area contributed by atoms with Crippen LogP contribution in [0.5, 0.6) is 0 Å². The van der Waals surface area contributed by atoms with Gasteiger partial charge < -0.3 is 0 Å². The molecule has 2 radical (unpaired) electrons. The second-order valence-electron chi connectivity index (χ2n) is 4.03. The van der Waals surface area contributed by atoms with Crippen LogP contribution in [0.2, 0.25) is 0 Å². The van der Waals surface area contributed by atoms with Gasteiger partial charge in [0.25, 0.3) is 0 Å². The molecule has 0 saturated carbocycles. The van der Waals surface area contributed by atoms with Crippen molar-refractivity contribution < 1.29 is 14.2 Å². The van der Waals surface area contributed by atoms with E-state index in [9.17, 15) is 0 Å². The van der Waals surface area contributed by atoms with Crippen molar-refractivity contribution in [2.45, 2.75) is 46.2 Å². The fourth-order valence-electron chi connectivity index (χ4n) is 1.42. The van der Waals surface area contributed by atoms with Crippen molar-refractivity contribution in [3.8, 4) is 0 Å². The van der Waals surface area contributed by atoms with Gasteiger partial charge in [-0.3, -0.25) is 9.80 Å². The summed E-state index contributed by atoms with van der Waals surface area (Å²) in [7, 11) is 0. The summed E-state index contributed by atoms with van der Waals surface area (Å²) in [5, 5.41) is 0. The van der Waals surface area contributed by atoms with E-state index in [1.807, 2.05) is 0 Å². The van der Waals surface area contributed by atoms with Gasteiger partial charge in [0.1, 0.15) is 6.67 Å². The Kier molecular flexibility index (Phi) is 8.65. The summed E-state index contributed by atoms with van der Waals surface area (Å²) in [6.45, 7) is 14.6. The third-order valence-electron chi connectivity index (χ3n) is 2.30. The van der Waals surface area contributed by atoms with Gasteiger partial charge in [-0.2, -0.15) is 0 Å². The summed E-state index contributed by atoms with van der Waals surface area (Å²) < 4.78 is 0. The molecule has 1 aliphatic rings. The minimum atomic E-state index is 0.589. The molecule has 4 heteroatoms. The van der Waals surface area contributed by atoms with Crippen molar-refractivity contribution >= 4 is 14.1 Å². The van der Waals surface area contributed by atoms with Crippen LogP contribution < -0.4 is 0 Å². The molecule has 0 aliphatic carbocycles. The van der Waals surface area contributed by atoms with Crippen LogP contribution >= 0.6 is 14.1 Å². The van der Waals surface area contributed by atoms with E-state index in [-0.39, 0.29) is 0 Å². The van der Waals surface area contributed by atoms with Crippen molar-refractivity contribution in [2.75, 3.05) is 13.1 Å². The molecular formula is C10H20BrCuN2. The van der Waals surface area contributed by atoms with E-state index in [1.165, 1.54) is 19.5 Å². The van der Waals surface area contributed by atoms with E-state index < -0.39 is 0 Å². The number of nitrogens with zero attached hydrogens (tertiary/aromatic N) is 2. The van der Waals surface area contributed by atoms with Gasteiger partial charge in [-0.05, 0) is 34.1 Å². The molecule has 2 nitrogen and oxygen atoms in total. The first-order valence-corrected chi connectivity index (χ1v) is 7.35. The molecule has 1 heterocycles. The van der Waals surface area contributed by atoms with Crippen molar-refractivity contribution in [1.29, 1.82) is 0 Å². The normalized spacial score (nSPS) is 19.8. The third kappa shape index (κ3) is 5.13. The van der Waals surface area contributed by atoms with E-state index in [0.717, 1.165) is 0 Å². The van der Waals surface area contributed by atoms with E-state index in [4.69, 9.17) is 0 Å². The van der Waals surface area contributed by atoms with E-state index in [2.05, 4.69) is 72.5 Å². The predicted octanol–water partition coefficient (Wildman–Crippen LogP) is 2.65. The monoisotopic (exact) mass is 310 g/mol. The topological polar surface area (TPSA) is 6.48 Å². The Balaban J connectivity index is 0.000000791. The molecule has 1 rings (SSSR count). The van der Waals surface area contributed by atoms with Crippen LogP contribution in [0.25, 0.3) is 0 Å². The Morgan fingerprint density at radius 1 is 1.00 bits per heavy atom. The molecule has 1 saturated heterocycles. The van der Waals surface area contributed by atoms with Gasteiger partial charge in [-0.1, -0.05) is 0 Å². The summed E-state index contributed by atoms with van der Waals surface area (Å²) in [6.07, 6.45) is 1.27. The van der Waals surface area contributed by atoms with Crippen molar-refractivity contribution in [3.05, 3.63) is 6.67 Å². The average Bonchev–Trinajstić information content (AvgIpc) is 2.21. The Hall–Kier alpha value is 0.919. The quantitative estimate of drug-likeness (QED) is 0.724.